The van der Waals surface area contributed by atoms with Gasteiger partial charge in [-0.25, -0.2) is 4.98 Å². The highest BCUT2D eigenvalue weighted by Crippen LogP contribution is 2.57. The van der Waals surface area contributed by atoms with E-state index in [9.17, 15) is 0 Å². The van der Waals surface area contributed by atoms with Crippen LogP contribution in [-0.2, 0) is 16.2 Å². The Morgan fingerprint density at radius 3 is 1.50 bits per heavy atom. The first-order valence-corrected chi connectivity index (χ1v) is 20.7. The summed E-state index contributed by atoms with van der Waals surface area (Å²) >= 11 is 0. The molecule has 0 spiro atoms. The molecule has 4 heteroatoms. The van der Waals surface area contributed by atoms with Crippen LogP contribution in [0.3, 0.4) is 0 Å². The summed E-state index contributed by atoms with van der Waals surface area (Å²) in [6.07, 6.45) is 3.36. The van der Waals surface area contributed by atoms with Crippen molar-refractivity contribution in [2.45, 2.75) is 70.3 Å². The molecule has 5 aliphatic rings. The Morgan fingerprint density at radius 2 is 0.931 bits per heavy atom. The van der Waals surface area contributed by atoms with Crippen LogP contribution in [0, 0.1) is 0 Å². The fraction of sp³-hybridized carbons (Fsp3) is 0.204. The molecule has 1 aromatic heterocycles. The van der Waals surface area contributed by atoms with E-state index < -0.39 is 0 Å². The number of hydrogen-bond donors (Lipinski definition) is 0. The molecule has 0 N–H and O–H groups in total. The van der Waals surface area contributed by atoms with Crippen molar-refractivity contribution in [1.82, 2.24) is 15.0 Å². The van der Waals surface area contributed by atoms with E-state index in [1.807, 2.05) is 0 Å². The molecule has 280 valence electrons. The van der Waals surface area contributed by atoms with Crippen molar-refractivity contribution in [3.05, 3.63) is 184 Å². The number of allylic oxidation sites excluding steroid dienone is 2. The molecule has 0 saturated heterocycles. The maximum Gasteiger partial charge on any atom is 0.234 e. The lowest BCUT2D eigenvalue weighted by molar-refractivity contribution is 0.590. The van der Waals surface area contributed by atoms with Crippen LogP contribution in [0.4, 0.5) is 11.6 Å². The van der Waals surface area contributed by atoms with Crippen LogP contribution < -0.4 is 4.90 Å². The molecule has 0 saturated carbocycles. The minimum atomic E-state index is -0.145. The molecule has 6 aromatic carbocycles. The van der Waals surface area contributed by atoms with Gasteiger partial charge in [-0.1, -0.05) is 157 Å². The second kappa shape index (κ2) is 11.4. The molecule has 1 aliphatic heterocycles. The first kappa shape index (κ1) is 33.7. The van der Waals surface area contributed by atoms with Gasteiger partial charge in [-0.2, -0.15) is 9.97 Å². The van der Waals surface area contributed by atoms with Crippen LogP contribution in [-0.4, -0.2) is 21.0 Å². The Kier molecular flexibility index (Phi) is 6.62. The van der Waals surface area contributed by atoms with E-state index in [2.05, 4.69) is 186 Å². The zero-order chi connectivity index (χ0) is 39.3. The molecular weight excluding hydrogens is 705 g/mol. The lowest BCUT2D eigenvalue weighted by atomic mass is 9.76. The SMILES string of the molecule is CC1(C)C2=C(C=C3c4ccccc4N(c4nc(-c5ccc6c(c5)C(C)(C)c5ccccc5-6)nc(-c5ccc6c(c5)C(C)(C)c5ccccc5-6)n4)C3C2)c2ccccc21. The van der Waals surface area contributed by atoms with Crippen molar-refractivity contribution >= 4 is 22.8 Å². The Labute approximate surface area is 340 Å². The van der Waals surface area contributed by atoms with Crippen molar-refractivity contribution in [2.24, 2.45) is 0 Å². The van der Waals surface area contributed by atoms with Crippen LogP contribution in [0.15, 0.2) is 145 Å². The quantitative estimate of drug-likeness (QED) is 0.180. The molecule has 0 amide bonds. The average Bonchev–Trinajstić information content (AvgIpc) is 3.86. The van der Waals surface area contributed by atoms with E-state index >= 15 is 0 Å². The molecule has 12 rings (SSSR count). The normalized spacial score (nSPS) is 19.0. The van der Waals surface area contributed by atoms with Gasteiger partial charge in [0.2, 0.25) is 5.95 Å². The molecule has 0 radical (unpaired) electrons. The van der Waals surface area contributed by atoms with Gasteiger partial charge >= 0.3 is 0 Å². The topological polar surface area (TPSA) is 41.9 Å². The molecule has 4 aliphatic carbocycles. The first-order chi connectivity index (χ1) is 28.0. The summed E-state index contributed by atoms with van der Waals surface area (Å²) in [6, 6.07) is 49.1. The third-order valence-corrected chi connectivity index (χ3v) is 14.3. The maximum atomic E-state index is 5.48. The summed E-state index contributed by atoms with van der Waals surface area (Å²) in [5.74, 6) is 2.07. The lowest BCUT2D eigenvalue weighted by Crippen LogP contribution is -2.33. The minimum Gasteiger partial charge on any atom is -0.302 e. The molecule has 1 atom stereocenters. The van der Waals surface area contributed by atoms with Gasteiger partial charge < -0.3 is 4.90 Å². The van der Waals surface area contributed by atoms with Gasteiger partial charge in [-0.3, -0.25) is 0 Å². The van der Waals surface area contributed by atoms with E-state index in [1.54, 1.807) is 0 Å². The summed E-state index contributed by atoms with van der Waals surface area (Å²) < 4.78 is 0. The molecule has 0 bridgehead atoms. The van der Waals surface area contributed by atoms with Crippen LogP contribution in [0.2, 0.25) is 0 Å². The van der Waals surface area contributed by atoms with Gasteiger partial charge in [-0.15, -0.1) is 0 Å². The van der Waals surface area contributed by atoms with E-state index in [-0.39, 0.29) is 22.3 Å². The van der Waals surface area contributed by atoms with Crippen LogP contribution in [0.1, 0.15) is 86.9 Å². The molecule has 2 heterocycles. The van der Waals surface area contributed by atoms with E-state index in [1.165, 1.54) is 77.9 Å². The van der Waals surface area contributed by atoms with Gasteiger partial charge in [0.25, 0.3) is 0 Å². The number of benzene rings is 6. The number of para-hydroxylation sites is 1. The van der Waals surface area contributed by atoms with Gasteiger partial charge in [0, 0.05) is 32.9 Å². The van der Waals surface area contributed by atoms with E-state index in [4.69, 9.17) is 15.0 Å². The summed E-state index contributed by atoms with van der Waals surface area (Å²) in [7, 11) is 0. The second-order valence-electron chi connectivity index (χ2n) is 18.4. The summed E-state index contributed by atoms with van der Waals surface area (Å²) in [5, 5.41) is 0. The molecule has 0 fully saturated rings. The van der Waals surface area contributed by atoms with Crippen LogP contribution in [0.5, 0.6) is 0 Å². The Bertz CT molecular complexity index is 2900. The lowest BCUT2D eigenvalue weighted by Gasteiger charge is -2.33. The molecule has 7 aromatic rings. The van der Waals surface area contributed by atoms with Crippen molar-refractivity contribution in [3.63, 3.8) is 0 Å². The highest BCUT2D eigenvalue weighted by atomic mass is 15.3. The predicted octanol–water partition coefficient (Wildman–Crippen LogP) is 12.9. The number of fused-ring (bicyclic) bond motifs is 11. The Balaban J connectivity index is 1.05. The Morgan fingerprint density at radius 1 is 0.466 bits per heavy atom. The van der Waals surface area contributed by atoms with Crippen molar-refractivity contribution in [3.8, 4) is 45.0 Å². The van der Waals surface area contributed by atoms with Gasteiger partial charge in [-0.05, 0) is 103 Å². The average molecular weight is 749 g/mol. The fourth-order valence-corrected chi connectivity index (χ4v) is 11.3. The van der Waals surface area contributed by atoms with Gasteiger partial charge in [0.15, 0.2) is 11.6 Å². The van der Waals surface area contributed by atoms with Gasteiger partial charge in [0.05, 0.1) is 11.7 Å². The van der Waals surface area contributed by atoms with Crippen molar-refractivity contribution in [1.29, 1.82) is 0 Å². The largest absolute Gasteiger partial charge is 0.302 e. The highest BCUT2D eigenvalue weighted by Gasteiger charge is 2.46. The fourth-order valence-electron chi connectivity index (χ4n) is 11.3. The van der Waals surface area contributed by atoms with E-state index in [0.717, 1.165) is 23.2 Å². The number of aromatic nitrogens is 3. The molecule has 1 unspecified atom stereocenters. The van der Waals surface area contributed by atoms with Gasteiger partial charge in [0.1, 0.15) is 0 Å². The standard InChI is InChI=1S/C54H44N4/c1-52(2)41-19-11-7-15-33(41)36-25-23-31(27-44(36)52)49-55-50(32-24-26-37-34-16-8-12-20-42(34)53(3,4)45(37)28-32)57-51(56-49)58-47-22-14-10-18-38(47)40-29-39-35-17-9-13-21-43(35)54(5,6)46(39)30-48(40)58/h7-29,48H,30H2,1-6H3. The van der Waals surface area contributed by atoms with Crippen molar-refractivity contribution in [2.75, 3.05) is 4.90 Å². The number of rotatable bonds is 3. The van der Waals surface area contributed by atoms with Crippen LogP contribution in [0.25, 0.3) is 56.2 Å². The summed E-state index contributed by atoms with van der Waals surface area (Å²) in [4.78, 5) is 18.8. The monoisotopic (exact) mass is 748 g/mol. The molecule has 58 heavy (non-hydrogen) atoms. The van der Waals surface area contributed by atoms with E-state index in [0.29, 0.717) is 17.6 Å². The third kappa shape index (κ3) is 4.38. The zero-order valence-corrected chi connectivity index (χ0v) is 33.9. The van der Waals surface area contributed by atoms with Crippen LogP contribution >= 0.6 is 0 Å². The smallest absolute Gasteiger partial charge is 0.234 e. The maximum absolute atomic E-state index is 5.48. The summed E-state index contributed by atoms with van der Waals surface area (Å²) in [5.41, 5.74) is 21.5. The molecule has 4 nitrogen and oxygen atoms in total. The number of anilines is 2. The highest BCUT2D eigenvalue weighted by molar-refractivity contribution is 6.01. The Hall–Kier alpha value is -6.39. The third-order valence-electron chi connectivity index (χ3n) is 14.3. The van der Waals surface area contributed by atoms with Crippen molar-refractivity contribution < 1.29 is 0 Å². The summed E-state index contributed by atoms with van der Waals surface area (Å²) in [6.45, 7) is 14.1. The second-order valence-corrected chi connectivity index (χ2v) is 18.4. The first-order valence-electron chi connectivity index (χ1n) is 20.7. The number of hydrogen-bond acceptors (Lipinski definition) is 4. The molecular formula is C54H44N4. The predicted molar refractivity (Wildman–Crippen MR) is 237 cm³/mol. The minimum absolute atomic E-state index is 0.0507. The number of nitrogens with zero attached hydrogens (tertiary/aromatic N) is 4. The zero-order valence-electron chi connectivity index (χ0n) is 33.9.